The fraction of sp³-hybridized carbons (Fsp3) is 0.615. The van der Waals surface area contributed by atoms with Crippen molar-refractivity contribution in [2.45, 2.75) is 31.9 Å². The van der Waals surface area contributed by atoms with E-state index in [1.165, 1.54) is 0 Å². The summed E-state index contributed by atoms with van der Waals surface area (Å²) in [7, 11) is -1.06. The summed E-state index contributed by atoms with van der Waals surface area (Å²) in [5, 5.41) is 0.128. The molecule has 0 N–H and O–H groups in total. The van der Waals surface area contributed by atoms with Crippen LogP contribution in [0, 0.1) is 13.8 Å². The summed E-state index contributed by atoms with van der Waals surface area (Å²) >= 11 is 1.62. The van der Waals surface area contributed by atoms with Crippen molar-refractivity contribution in [2.75, 3.05) is 19.0 Å². The Morgan fingerprint density at radius 3 is 2.67 bits per heavy atom. The molecule has 3 nitrogen and oxygen atoms in total. The van der Waals surface area contributed by atoms with E-state index in [4.69, 9.17) is 4.74 Å². The highest BCUT2D eigenvalue weighted by Gasteiger charge is 2.23. The van der Waals surface area contributed by atoms with Gasteiger partial charge in [-0.1, -0.05) is 0 Å². The van der Waals surface area contributed by atoms with Crippen molar-refractivity contribution in [2.24, 2.45) is 0 Å². The Balaban J connectivity index is 1.98. The van der Waals surface area contributed by atoms with Crippen LogP contribution < -0.4 is 0 Å². The van der Waals surface area contributed by atoms with Gasteiger partial charge < -0.3 is 4.74 Å². The zero-order valence-electron chi connectivity index (χ0n) is 10.7. The van der Waals surface area contributed by atoms with Crippen molar-refractivity contribution >= 4 is 27.9 Å². The molecule has 1 aromatic heterocycles. The van der Waals surface area contributed by atoms with E-state index in [1.54, 1.807) is 11.3 Å². The lowest BCUT2D eigenvalue weighted by Crippen LogP contribution is -2.28. The quantitative estimate of drug-likeness (QED) is 0.799. The fourth-order valence-electron chi connectivity index (χ4n) is 2.17. The van der Waals surface area contributed by atoms with Crippen LogP contribution in [0.1, 0.15) is 33.0 Å². The van der Waals surface area contributed by atoms with Crippen molar-refractivity contribution < 1.29 is 13.7 Å². The molecule has 0 spiro atoms. The molecule has 0 aromatic carbocycles. The summed E-state index contributed by atoms with van der Waals surface area (Å²) in [6, 6.07) is 1.91. The summed E-state index contributed by atoms with van der Waals surface area (Å²) in [6.07, 6.45) is 1.61. The van der Waals surface area contributed by atoms with Crippen molar-refractivity contribution in [1.82, 2.24) is 0 Å². The van der Waals surface area contributed by atoms with Crippen LogP contribution in [-0.2, 0) is 15.5 Å². The standard InChI is InChI=1S/C13H18O3S2/c1-9-7-12(10(2)17-9)13(14)8-18(15)11-3-5-16-6-4-11/h7,11H,3-6,8H2,1-2H3. The molecule has 1 unspecified atom stereocenters. The summed E-state index contributed by atoms with van der Waals surface area (Å²) in [5.74, 6) is 0.170. The molecular formula is C13H18O3S2. The van der Waals surface area contributed by atoms with Gasteiger partial charge in [0.1, 0.15) is 0 Å². The van der Waals surface area contributed by atoms with Crippen LogP contribution >= 0.6 is 11.3 Å². The molecule has 1 aliphatic heterocycles. The van der Waals surface area contributed by atoms with E-state index in [9.17, 15) is 9.00 Å². The van der Waals surface area contributed by atoms with Crippen LogP contribution in [0.5, 0.6) is 0 Å². The van der Waals surface area contributed by atoms with Gasteiger partial charge in [-0.2, -0.15) is 0 Å². The summed E-state index contributed by atoms with van der Waals surface area (Å²) in [5.41, 5.74) is 0.748. The van der Waals surface area contributed by atoms with Gasteiger partial charge in [0.2, 0.25) is 0 Å². The highest BCUT2D eigenvalue weighted by atomic mass is 32.2. The van der Waals surface area contributed by atoms with Crippen molar-refractivity contribution in [3.8, 4) is 0 Å². The SMILES string of the molecule is Cc1cc(C(=O)CS(=O)C2CCOCC2)c(C)s1. The second kappa shape index (κ2) is 6.08. The number of aryl methyl sites for hydroxylation is 2. The van der Waals surface area contributed by atoms with Crippen LogP contribution in [0.2, 0.25) is 0 Å². The molecule has 1 aromatic rings. The third-order valence-corrected chi connectivity index (χ3v) is 5.88. The number of carbonyl (C=O) groups excluding carboxylic acids is 1. The first-order valence-corrected chi connectivity index (χ1v) is 8.33. The summed E-state index contributed by atoms with van der Waals surface area (Å²) in [4.78, 5) is 14.3. The molecule has 0 bridgehead atoms. The lowest BCUT2D eigenvalue weighted by atomic mass is 10.2. The van der Waals surface area contributed by atoms with Crippen LogP contribution in [0.4, 0.5) is 0 Å². The average Bonchev–Trinajstić information content (AvgIpc) is 2.69. The first-order valence-electron chi connectivity index (χ1n) is 6.13. The van der Waals surface area contributed by atoms with E-state index >= 15 is 0 Å². The Morgan fingerprint density at radius 1 is 1.44 bits per heavy atom. The van der Waals surface area contributed by atoms with E-state index in [2.05, 4.69) is 0 Å². The van der Waals surface area contributed by atoms with Gasteiger partial charge in [-0.05, 0) is 32.8 Å². The van der Waals surface area contributed by atoms with E-state index < -0.39 is 10.8 Å². The molecule has 0 amide bonds. The summed E-state index contributed by atoms with van der Waals surface area (Å²) in [6.45, 7) is 5.27. The van der Waals surface area contributed by atoms with Gasteiger partial charge in [0.25, 0.3) is 0 Å². The number of hydrogen-bond donors (Lipinski definition) is 0. The first-order chi connectivity index (χ1) is 8.58. The smallest absolute Gasteiger partial charge is 0.176 e. The molecule has 1 fully saturated rings. The van der Waals surface area contributed by atoms with Gasteiger partial charge in [-0.25, -0.2) is 0 Å². The van der Waals surface area contributed by atoms with Gasteiger partial charge in [0.15, 0.2) is 5.78 Å². The molecule has 1 atom stereocenters. The Morgan fingerprint density at radius 2 is 2.11 bits per heavy atom. The monoisotopic (exact) mass is 286 g/mol. The van der Waals surface area contributed by atoms with Crippen LogP contribution in [-0.4, -0.2) is 34.2 Å². The van der Waals surface area contributed by atoms with Crippen LogP contribution in [0.25, 0.3) is 0 Å². The van der Waals surface area contributed by atoms with Crippen molar-refractivity contribution in [3.63, 3.8) is 0 Å². The van der Waals surface area contributed by atoms with E-state index in [0.29, 0.717) is 13.2 Å². The van der Waals surface area contributed by atoms with Crippen LogP contribution in [0.15, 0.2) is 6.07 Å². The fourth-order valence-corrected chi connectivity index (χ4v) is 4.48. The average molecular weight is 286 g/mol. The maximum Gasteiger partial charge on any atom is 0.176 e. The highest BCUT2D eigenvalue weighted by molar-refractivity contribution is 7.86. The van der Waals surface area contributed by atoms with Gasteiger partial charge in [-0.15, -0.1) is 11.3 Å². The maximum absolute atomic E-state index is 12.1. The van der Waals surface area contributed by atoms with Gasteiger partial charge in [-0.3, -0.25) is 9.00 Å². The van der Waals surface area contributed by atoms with Gasteiger partial charge in [0, 0.05) is 44.6 Å². The van der Waals surface area contributed by atoms with Crippen LogP contribution in [0.3, 0.4) is 0 Å². The van der Waals surface area contributed by atoms with E-state index in [0.717, 1.165) is 28.2 Å². The predicted octanol–water partition coefficient (Wildman–Crippen LogP) is 2.48. The molecule has 18 heavy (non-hydrogen) atoms. The number of carbonyl (C=O) groups is 1. The zero-order valence-corrected chi connectivity index (χ0v) is 12.4. The molecule has 0 saturated carbocycles. The number of hydrogen-bond acceptors (Lipinski definition) is 4. The Hall–Kier alpha value is -0.520. The number of thiophene rings is 1. The number of ketones is 1. The topological polar surface area (TPSA) is 43.4 Å². The van der Waals surface area contributed by atoms with Gasteiger partial charge >= 0.3 is 0 Å². The second-order valence-corrected chi connectivity index (χ2v) is 7.76. The molecule has 100 valence electrons. The maximum atomic E-state index is 12.1. The largest absolute Gasteiger partial charge is 0.381 e. The number of rotatable bonds is 4. The molecule has 0 radical (unpaired) electrons. The minimum atomic E-state index is -1.06. The molecule has 0 aliphatic carbocycles. The minimum Gasteiger partial charge on any atom is -0.381 e. The molecule has 1 aliphatic rings. The lowest BCUT2D eigenvalue weighted by molar-refractivity contribution is 0.0980. The third-order valence-electron chi connectivity index (χ3n) is 3.15. The molecular weight excluding hydrogens is 268 g/mol. The highest BCUT2D eigenvalue weighted by Crippen LogP contribution is 2.22. The van der Waals surface area contributed by atoms with Crippen molar-refractivity contribution in [3.05, 3.63) is 21.4 Å². The van der Waals surface area contributed by atoms with E-state index in [-0.39, 0.29) is 16.8 Å². The predicted molar refractivity (Wildman–Crippen MR) is 75.0 cm³/mol. The summed E-state index contributed by atoms with van der Waals surface area (Å²) < 4.78 is 17.4. The third kappa shape index (κ3) is 3.28. The molecule has 1 saturated heterocycles. The zero-order chi connectivity index (χ0) is 13.1. The first kappa shape index (κ1) is 13.9. The Bertz CT molecular complexity index is 459. The minimum absolute atomic E-state index is 0.0154. The molecule has 5 heteroatoms. The second-order valence-electron chi connectivity index (χ2n) is 4.59. The lowest BCUT2D eigenvalue weighted by Gasteiger charge is -2.20. The number of ether oxygens (including phenoxy) is 1. The molecule has 2 heterocycles. The van der Waals surface area contributed by atoms with Crippen molar-refractivity contribution in [1.29, 1.82) is 0 Å². The van der Waals surface area contributed by atoms with Gasteiger partial charge in [0.05, 0.1) is 5.75 Å². The number of Topliss-reactive ketones (excluding diaryl/α,β-unsaturated/α-hetero) is 1. The molecule has 2 rings (SSSR count). The Labute approximate surface area is 114 Å². The van der Waals surface area contributed by atoms with E-state index in [1.807, 2.05) is 19.9 Å². The Kier molecular flexibility index (Phi) is 4.70. The normalized spacial score (nSPS) is 18.8.